The van der Waals surface area contributed by atoms with E-state index < -0.39 is 47.9 Å². The molecule has 0 saturated heterocycles. The number of nitrogens with zero attached hydrogens (tertiary/aromatic N) is 1. The Morgan fingerprint density at radius 2 is 1.30 bits per heavy atom. The van der Waals surface area contributed by atoms with Gasteiger partial charge in [-0.2, -0.15) is 23.5 Å². The Bertz CT molecular complexity index is 675. The third-order valence-electron chi connectivity index (χ3n) is 4.46. The van der Waals surface area contributed by atoms with E-state index in [1.165, 1.54) is 30.4 Å². The van der Waals surface area contributed by atoms with Crippen LogP contribution in [0.5, 0.6) is 0 Å². The maximum absolute atomic E-state index is 12.9. The highest BCUT2D eigenvalue weighted by molar-refractivity contribution is 7.98. The smallest absolute Gasteiger partial charge is 0.326 e. The number of aliphatic carboxylic acids is 1. The first-order valence-electron chi connectivity index (χ1n) is 10.5. The molecule has 4 atom stereocenters. The van der Waals surface area contributed by atoms with Gasteiger partial charge < -0.3 is 38.3 Å². The third kappa shape index (κ3) is 13.8. The molecule has 0 spiro atoms. The minimum absolute atomic E-state index is 0.0992. The second-order valence-corrected chi connectivity index (χ2v) is 9.29. The second kappa shape index (κ2) is 17.3. The van der Waals surface area contributed by atoms with Crippen molar-refractivity contribution in [2.75, 3.05) is 30.6 Å². The van der Waals surface area contributed by atoms with Crippen molar-refractivity contribution in [3.05, 3.63) is 0 Å². The summed E-state index contributed by atoms with van der Waals surface area (Å²) in [7, 11) is 0. The zero-order valence-electron chi connectivity index (χ0n) is 19.3. The van der Waals surface area contributed by atoms with Crippen molar-refractivity contribution < 1.29 is 24.3 Å². The molecule has 0 aliphatic rings. The molecule has 0 aromatic rings. The second-order valence-electron chi connectivity index (χ2n) is 7.32. The van der Waals surface area contributed by atoms with Crippen LogP contribution in [0.1, 0.15) is 32.6 Å². The first-order chi connectivity index (χ1) is 15.5. The fourth-order valence-corrected chi connectivity index (χ4v) is 3.56. The molecule has 0 aliphatic heterocycles. The van der Waals surface area contributed by atoms with Crippen LogP contribution in [0.15, 0.2) is 4.99 Å². The van der Waals surface area contributed by atoms with Crippen molar-refractivity contribution in [3.8, 4) is 0 Å². The molecule has 10 N–H and O–H groups in total. The number of carboxylic acids is 1. The van der Waals surface area contributed by atoms with Crippen LogP contribution in [0.25, 0.3) is 0 Å². The quantitative estimate of drug-likeness (QED) is 0.0682. The van der Waals surface area contributed by atoms with Crippen molar-refractivity contribution in [1.29, 1.82) is 0 Å². The van der Waals surface area contributed by atoms with Crippen LogP contribution in [-0.2, 0) is 19.2 Å². The Kier molecular flexibility index (Phi) is 16.2. The average Bonchev–Trinajstić information content (AvgIpc) is 2.74. The molecule has 14 heteroatoms. The number of amides is 3. The van der Waals surface area contributed by atoms with Gasteiger partial charge in [-0.1, -0.05) is 0 Å². The first-order valence-corrected chi connectivity index (χ1v) is 13.2. The molecule has 0 aromatic heterocycles. The predicted molar refractivity (Wildman–Crippen MR) is 133 cm³/mol. The summed E-state index contributed by atoms with van der Waals surface area (Å²) in [6.45, 7) is 1.73. The van der Waals surface area contributed by atoms with Gasteiger partial charge in [0.15, 0.2) is 5.96 Å². The minimum Gasteiger partial charge on any atom is -0.480 e. The first kappa shape index (κ1) is 30.8. The average molecular weight is 508 g/mol. The molecular weight excluding hydrogens is 470 g/mol. The van der Waals surface area contributed by atoms with E-state index in [0.717, 1.165) is 0 Å². The van der Waals surface area contributed by atoms with E-state index in [1.54, 1.807) is 0 Å². The molecule has 0 radical (unpaired) electrons. The van der Waals surface area contributed by atoms with Crippen LogP contribution in [-0.4, -0.2) is 89.5 Å². The molecule has 190 valence electrons. The molecule has 0 heterocycles. The number of hydrogen-bond acceptors (Lipinski definition) is 8. The van der Waals surface area contributed by atoms with E-state index in [1.807, 2.05) is 12.5 Å². The van der Waals surface area contributed by atoms with Crippen LogP contribution in [0, 0.1) is 0 Å². The van der Waals surface area contributed by atoms with Crippen LogP contribution in [0.3, 0.4) is 0 Å². The number of rotatable bonds is 17. The van der Waals surface area contributed by atoms with Gasteiger partial charge >= 0.3 is 5.97 Å². The van der Waals surface area contributed by atoms with Gasteiger partial charge in [0.05, 0.1) is 6.04 Å². The van der Waals surface area contributed by atoms with Gasteiger partial charge in [-0.25, -0.2) is 4.79 Å². The number of guanidine groups is 1. The summed E-state index contributed by atoms with van der Waals surface area (Å²) in [5.41, 5.74) is 16.1. The standard InChI is InChI=1S/C19H37N7O5S2/c1-11(20)15(27)24-12(6-9-32-2)16(28)25-13(7-10-33-3)17(29)26-14(18(30)31)5-4-8-23-19(21)22/h11-14H,4-10,20H2,1-3H3,(H,24,27)(H,25,28)(H,26,29)(H,30,31)(H4,21,22,23). The predicted octanol–water partition coefficient (Wildman–Crippen LogP) is -1.57. The Morgan fingerprint density at radius 3 is 1.70 bits per heavy atom. The maximum atomic E-state index is 12.9. The number of hydrogen-bond donors (Lipinski definition) is 7. The van der Waals surface area contributed by atoms with E-state index in [-0.39, 0.29) is 25.3 Å². The van der Waals surface area contributed by atoms with Crippen molar-refractivity contribution in [3.63, 3.8) is 0 Å². The Balaban J connectivity index is 5.28. The summed E-state index contributed by atoms with van der Waals surface area (Å²) < 4.78 is 0. The molecular formula is C19H37N7O5S2. The summed E-state index contributed by atoms with van der Waals surface area (Å²) in [6.07, 6.45) is 4.82. The van der Waals surface area contributed by atoms with E-state index in [9.17, 15) is 24.3 Å². The van der Waals surface area contributed by atoms with Gasteiger partial charge in [0.25, 0.3) is 0 Å². The normalized spacial score (nSPS) is 14.3. The lowest BCUT2D eigenvalue weighted by Gasteiger charge is -2.25. The molecule has 0 fully saturated rings. The van der Waals surface area contributed by atoms with Gasteiger partial charge in [-0.15, -0.1) is 0 Å². The molecule has 0 rings (SSSR count). The summed E-state index contributed by atoms with van der Waals surface area (Å²) >= 11 is 2.99. The molecule has 12 nitrogen and oxygen atoms in total. The highest BCUT2D eigenvalue weighted by atomic mass is 32.2. The summed E-state index contributed by atoms with van der Waals surface area (Å²) in [5, 5.41) is 17.2. The number of carbonyl (C=O) groups is 4. The fourth-order valence-electron chi connectivity index (χ4n) is 2.62. The minimum atomic E-state index is -1.20. The van der Waals surface area contributed by atoms with E-state index in [0.29, 0.717) is 24.3 Å². The molecule has 0 saturated carbocycles. The number of nitrogens with one attached hydrogen (secondary N) is 3. The van der Waals surface area contributed by atoms with Gasteiger partial charge in [-0.3, -0.25) is 19.4 Å². The SMILES string of the molecule is CSCCC(NC(=O)C(C)N)C(=O)NC(CCSC)C(=O)NC(CCCN=C(N)N)C(=O)O. The van der Waals surface area contributed by atoms with Crippen LogP contribution >= 0.6 is 23.5 Å². The van der Waals surface area contributed by atoms with Crippen LogP contribution in [0.2, 0.25) is 0 Å². The number of thioether (sulfide) groups is 2. The number of aliphatic imine (C=N–C) groups is 1. The Labute approximate surface area is 203 Å². The molecule has 0 aromatic carbocycles. The lowest BCUT2D eigenvalue weighted by molar-refractivity contribution is -0.142. The van der Waals surface area contributed by atoms with Gasteiger partial charge in [-0.05, 0) is 56.6 Å². The van der Waals surface area contributed by atoms with E-state index in [2.05, 4.69) is 20.9 Å². The number of nitrogens with two attached hydrogens (primary N) is 3. The molecule has 4 unspecified atom stereocenters. The van der Waals surface area contributed by atoms with Crippen LogP contribution < -0.4 is 33.2 Å². The van der Waals surface area contributed by atoms with Crippen molar-refractivity contribution in [2.45, 2.75) is 56.8 Å². The Hall–Kier alpha value is -2.19. The molecule has 3 amide bonds. The highest BCUT2D eigenvalue weighted by Gasteiger charge is 2.29. The summed E-state index contributed by atoms with van der Waals surface area (Å²) in [6, 6.07) is -3.78. The molecule has 0 bridgehead atoms. The van der Waals surface area contributed by atoms with Gasteiger partial charge in [0, 0.05) is 6.54 Å². The van der Waals surface area contributed by atoms with E-state index in [4.69, 9.17) is 17.2 Å². The van der Waals surface area contributed by atoms with E-state index >= 15 is 0 Å². The maximum Gasteiger partial charge on any atom is 0.326 e. The van der Waals surface area contributed by atoms with Crippen molar-refractivity contribution in [1.82, 2.24) is 16.0 Å². The molecule has 33 heavy (non-hydrogen) atoms. The topological polar surface area (TPSA) is 215 Å². The monoisotopic (exact) mass is 507 g/mol. The van der Waals surface area contributed by atoms with Crippen LogP contribution in [0.4, 0.5) is 0 Å². The lowest BCUT2D eigenvalue weighted by Crippen LogP contribution is -2.57. The Morgan fingerprint density at radius 1 is 0.848 bits per heavy atom. The largest absolute Gasteiger partial charge is 0.480 e. The summed E-state index contributed by atoms with van der Waals surface area (Å²) in [5.74, 6) is -1.76. The van der Waals surface area contributed by atoms with Gasteiger partial charge in [0.2, 0.25) is 17.7 Å². The zero-order chi connectivity index (χ0) is 25.4. The fraction of sp³-hybridized carbons (Fsp3) is 0.737. The van der Waals surface area contributed by atoms with Crippen molar-refractivity contribution in [2.24, 2.45) is 22.2 Å². The lowest BCUT2D eigenvalue weighted by atomic mass is 10.1. The number of carboxylic acid groups (broad SMARTS) is 1. The van der Waals surface area contributed by atoms with Gasteiger partial charge in [0.1, 0.15) is 18.1 Å². The zero-order valence-corrected chi connectivity index (χ0v) is 21.0. The summed E-state index contributed by atoms with van der Waals surface area (Å²) in [4.78, 5) is 53.1. The highest BCUT2D eigenvalue weighted by Crippen LogP contribution is 2.07. The van der Waals surface area contributed by atoms with Crippen molar-refractivity contribution >= 4 is 53.2 Å². The number of carbonyl (C=O) groups excluding carboxylic acids is 3. The third-order valence-corrected chi connectivity index (χ3v) is 5.75. The molecule has 0 aliphatic carbocycles.